The molecule has 0 aromatic heterocycles. The van der Waals surface area contributed by atoms with Crippen LogP contribution in [0.25, 0.3) is 0 Å². The molecule has 1 N–H and O–H groups in total. The van der Waals surface area contributed by atoms with Crippen molar-refractivity contribution in [3.8, 4) is 0 Å². The zero-order valence-electron chi connectivity index (χ0n) is 10.9. The Morgan fingerprint density at radius 1 is 1.28 bits per heavy atom. The van der Waals surface area contributed by atoms with Crippen molar-refractivity contribution in [3.05, 3.63) is 35.9 Å². The van der Waals surface area contributed by atoms with Crippen LogP contribution in [0, 0.1) is 0 Å². The molecule has 100 valence electrons. The van der Waals surface area contributed by atoms with Gasteiger partial charge < -0.3 is 10.1 Å². The predicted molar refractivity (Wildman–Crippen MR) is 77.1 cm³/mol. The summed E-state index contributed by atoms with van der Waals surface area (Å²) < 4.78 is 5.29. The summed E-state index contributed by atoms with van der Waals surface area (Å²) in [5.74, 6) is 0.0242. The molecule has 1 aromatic carbocycles. The molecule has 0 aliphatic carbocycles. The second-order valence-corrected chi connectivity index (χ2v) is 5.34. The Morgan fingerprint density at radius 2 is 1.94 bits per heavy atom. The fourth-order valence-electron chi connectivity index (χ4n) is 1.60. The average molecular weight is 314 g/mol. The zero-order chi connectivity index (χ0) is 13.4. The highest BCUT2D eigenvalue weighted by atomic mass is 79.9. The molecule has 0 saturated heterocycles. The molecule has 0 bridgehead atoms. The summed E-state index contributed by atoms with van der Waals surface area (Å²) in [6.07, 6.45) is 0. The number of hydrogen-bond donors (Lipinski definition) is 1. The van der Waals surface area contributed by atoms with Gasteiger partial charge in [-0.15, -0.1) is 0 Å². The molecule has 0 heterocycles. The summed E-state index contributed by atoms with van der Waals surface area (Å²) >= 11 is 3.28. The minimum atomic E-state index is -0.517. The van der Waals surface area contributed by atoms with Crippen LogP contribution in [0.2, 0.25) is 0 Å². The number of hydrogen-bond acceptors (Lipinski definition) is 2. The molecular formula is C14H20BrNO2. The molecule has 0 radical (unpaired) electrons. The summed E-state index contributed by atoms with van der Waals surface area (Å²) in [4.78, 5) is 12.1. The summed E-state index contributed by atoms with van der Waals surface area (Å²) in [6, 6.07) is 9.79. The highest BCUT2D eigenvalue weighted by molar-refractivity contribution is 9.09. The molecule has 1 rings (SSSR count). The maximum atomic E-state index is 12.1. The number of carbonyl (C=O) groups is 1. The van der Waals surface area contributed by atoms with Crippen LogP contribution >= 0.6 is 15.9 Å². The lowest BCUT2D eigenvalue weighted by molar-refractivity contribution is -0.125. The van der Waals surface area contributed by atoms with Gasteiger partial charge in [-0.2, -0.15) is 0 Å². The van der Waals surface area contributed by atoms with Gasteiger partial charge in [-0.25, -0.2) is 0 Å². The van der Waals surface area contributed by atoms with Crippen LogP contribution < -0.4 is 5.32 Å². The van der Waals surface area contributed by atoms with E-state index in [0.29, 0.717) is 19.8 Å². The Labute approximate surface area is 117 Å². The van der Waals surface area contributed by atoms with Gasteiger partial charge in [0.2, 0.25) is 5.91 Å². The standard InChI is InChI=1S/C14H20BrNO2/c1-14(2,12-6-4-3-5-7-12)13(17)16-9-11-18-10-8-15/h3-7H,8-11H2,1-2H3,(H,16,17). The van der Waals surface area contributed by atoms with Crippen molar-refractivity contribution in [2.75, 3.05) is 25.1 Å². The number of nitrogens with one attached hydrogen (secondary N) is 1. The van der Waals surface area contributed by atoms with Crippen molar-refractivity contribution in [1.82, 2.24) is 5.32 Å². The average Bonchev–Trinajstić information content (AvgIpc) is 2.39. The van der Waals surface area contributed by atoms with Crippen molar-refractivity contribution in [1.29, 1.82) is 0 Å². The number of alkyl halides is 1. The summed E-state index contributed by atoms with van der Waals surface area (Å²) in [6.45, 7) is 5.61. The Balaban J connectivity index is 2.45. The third-order valence-electron chi connectivity index (χ3n) is 2.82. The topological polar surface area (TPSA) is 38.3 Å². The smallest absolute Gasteiger partial charge is 0.230 e. The minimum absolute atomic E-state index is 0.0242. The molecule has 0 fully saturated rings. The molecule has 0 spiro atoms. The van der Waals surface area contributed by atoms with E-state index in [-0.39, 0.29) is 5.91 Å². The lowest BCUT2D eigenvalue weighted by Gasteiger charge is -2.24. The van der Waals surface area contributed by atoms with Crippen LogP contribution in [-0.4, -0.2) is 31.0 Å². The first kappa shape index (κ1) is 15.2. The van der Waals surface area contributed by atoms with Crippen molar-refractivity contribution < 1.29 is 9.53 Å². The third kappa shape index (κ3) is 4.42. The molecule has 1 amide bonds. The van der Waals surface area contributed by atoms with Gasteiger partial charge in [0.05, 0.1) is 18.6 Å². The number of rotatable bonds is 7. The fraction of sp³-hybridized carbons (Fsp3) is 0.500. The second-order valence-electron chi connectivity index (χ2n) is 4.55. The predicted octanol–water partition coefficient (Wildman–Crippen LogP) is 2.49. The van der Waals surface area contributed by atoms with E-state index in [2.05, 4.69) is 21.2 Å². The van der Waals surface area contributed by atoms with Crippen molar-refractivity contribution in [2.24, 2.45) is 0 Å². The van der Waals surface area contributed by atoms with Crippen LogP contribution in [0.5, 0.6) is 0 Å². The number of amides is 1. The molecule has 0 aliphatic heterocycles. The number of benzene rings is 1. The van der Waals surface area contributed by atoms with E-state index in [9.17, 15) is 4.79 Å². The third-order valence-corrected chi connectivity index (χ3v) is 3.14. The van der Waals surface area contributed by atoms with Crippen molar-refractivity contribution in [2.45, 2.75) is 19.3 Å². The first-order valence-corrected chi connectivity index (χ1v) is 7.18. The molecule has 0 saturated carbocycles. The normalized spacial score (nSPS) is 11.3. The van der Waals surface area contributed by atoms with E-state index in [1.54, 1.807) is 0 Å². The number of carbonyl (C=O) groups excluding carboxylic acids is 1. The molecule has 18 heavy (non-hydrogen) atoms. The van der Waals surface area contributed by atoms with E-state index < -0.39 is 5.41 Å². The van der Waals surface area contributed by atoms with Crippen LogP contribution in [0.1, 0.15) is 19.4 Å². The maximum absolute atomic E-state index is 12.1. The van der Waals surface area contributed by atoms with Crippen molar-refractivity contribution in [3.63, 3.8) is 0 Å². The van der Waals surface area contributed by atoms with Gasteiger partial charge in [-0.3, -0.25) is 4.79 Å². The SMILES string of the molecule is CC(C)(C(=O)NCCOCCBr)c1ccccc1. The van der Waals surface area contributed by atoms with E-state index in [1.165, 1.54) is 0 Å². The Hall–Kier alpha value is -0.870. The maximum Gasteiger partial charge on any atom is 0.230 e. The molecule has 4 heteroatoms. The Bertz CT molecular complexity index is 365. The van der Waals surface area contributed by atoms with E-state index in [0.717, 1.165) is 10.9 Å². The lowest BCUT2D eigenvalue weighted by atomic mass is 9.84. The minimum Gasteiger partial charge on any atom is -0.379 e. The van der Waals surface area contributed by atoms with Gasteiger partial charge in [0, 0.05) is 11.9 Å². The Kier molecular flexibility index (Phi) is 6.36. The van der Waals surface area contributed by atoms with Crippen LogP contribution in [-0.2, 0) is 14.9 Å². The van der Waals surface area contributed by atoms with Crippen LogP contribution in [0.3, 0.4) is 0 Å². The van der Waals surface area contributed by atoms with E-state index >= 15 is 0 Å². The number of ether oxygens (including phenoxy) is 1. The molecule has 0 unspecified atom stereocenters. The van der Waals surface area contributed by atoms with Crippen LogP contribution in [0.15, 0.2) is 30.3 Å². The fourth-order valence-corrected chi connectivity index (χ4v) is 1.83. The monoisotopic (exact) mass is 313 g/mol. The first-order valence-electron chi connectivity index (χ1n) is 6.06. The van der Waals surface area contributed by atoms with Gasteiger partial charge in [0.1, 0.15) is 0 Å². The summed E-state index contributed by atoms with van der Waals surface area (Å²) in [5, 5.41) is 3.72. The van der Waals surface area contributed by atoms with Crippen molar-refractivity contribution >= 4 is 21.8 Å². The number of halogens is 1. The molecule has 3 nitrogen and oxygen atoms in total. The summed E-state index contributed by atoms with van der Waals surface area (Å²) in [5.41, 5.74) is 0.500. The highest BCUT2D eigenvalue weighted by Gasteiger charge is 2.28. The Morgan fingerprint density at radius 3 is 2.56 bits per heavy atom. The van der Waals surface area contributed by atoms with E-state index in [1.807, 2.05) is 44.2 Å². The summed E-state index contributed by atoms with van der Waals surface area (Å²) in [7, 11) is 0. The highest BCUT2D eigenvalue weighted by Crippen LogP contribution is 2.22. The van der Waals surface area contributed by atoms with E-state index in [4.69, 9.17) is 4.74 Å². The second kappa shape index (κ2) is 7.54. The lowest BCUT2D eigenvalue weighted by Crippen LogP contribution is -2.41. The van der Waals surface area contributed by atoms with Gasteiger partial charge in [0.25, 0.3) is 0 Å². The molecule has 0 aliphatic rings. The quantitative estimate of drug-likeness (QED) is 0.620. The zero-order valence-corrected chi connectivity index (χ0v) is 12.5. The molecule has 0 atom stereocenters. The molecule has 1 aromatic rings. The van der Waals surface area contributed by atoms with Gasteiger partial charge >= 0.3 is 0 Å². The van der Waals surface area contributed by atoms with Crippen LogP contribution in [0.4, 0.5) is 0 Å². The largest absolute Gasteiger partial charge is 0.379 e. The van der Waals surface area contributed by atoms with Gasteiger partial charge in [0.15, 0.2) is 0 Å². The van der Waals surface area contributed by atoms with Gasteiger partial charge in [-0.05, 0) is 19.4 Å². The molecular weight excluding hydrogens is 294 g/mol. The van der Waals surface area contributed by atoms with Gasteiger partial charge in [-0.1, -0.05) is 46.3 Å². The first-order chi connectivity index (χ1) is 8.59.